The van der Waals surface area contributed by atoms with Gasteiger partial charge in [-0.2, -0.15) is 0 Å². The fourth-order valence-electron chi connectivity index (χ4n) is 2.03. The molecule has 1 heterocycles. The van der Waals surface area contributed by atoms with E-state index >= 15 is 0 Å². The first-order valence-corrected chi connectivity index (χ1v) is 7.36. The first kappa shape index (κ1) is 16.8. The van der Waals surface area contributed by atoms with Gasteiger partial charge >= 0.3 is 0 Å². The second-order valence-electron chi connectivity index (χ2n) is 4.42. The van der Waals surface area contributed by atoms with Crippen molar-refractivity contribution in [1.29, 1.82) is 0 Å². The third-order valence-electron chi connectivity index (χ3n) is 3.15. The summed E-state index contributed by atoms with van der Waals surface area (Å²) in [6.45, 7) is -0.0567. The fraction of sp³-hybridized carbons (Fsp3) is 0.250. The minimum absolute atomic E-state index is 0.0567. The van der Waals surface area contributed by atoms with E-state index in [1.54, 1.807) is 18.2 Å². The zero-order valence-electron chi connectivity index (χ0n) is 12.9. The van der Waals surface area contributed by atoms with Crippen molar-refractivity contribution in [3.63, 3.8) is 0 Å². The lowest BCUT2D eigenvalue weighted by Gasteiger charge is -2.13. The molecule has 2 amide bonds. The minimum Gasteiger partial charge on any atom is -0.496 e. The molecule has 1 aliphatic heterocycles. The number of carbonyl (C=O) groups is 2. The molecular weight excluding hydrogens is 318 g/mol. The quantitative estimate of drug-likeness (QED) is 0.609. The highest BCUT2D eigenvalue weighted by atomic mass is 32.2. The lowest BCUT2D eigenvalue weighted by atomic mass is 10.1. The van der Waals surface area contributed by atoms with Crippen LogP contribution < -0.4 is 14.2 Å². The van der Waals surface area contributed by atoms with Crippen LogP contribution in [0.2, 0.25) is 0 Å². The Labute approximate surface area is 138 Å². The lowest BCUT2D eigenvalue weighted by Crippen LogP contribution is -2.28. The molecule has 120 valence electrons. The summed E-state index contributed by atoms with van der Waals surface area (Å²) in [5.74, 6) is 3.34. The predicted octanol–water partition coefficient (Wildman–Crippen LogP) is 2.38. The normalized spacial score (nSPS) is 15.7. The van der Waals surface area contributed by atoms with Gasteiger partial charge in [0.1, 0.15) is 17.2 Å². The van der Waals surface area contributed by atoms with Crippen LogP contribution in [0.4, 0.5) is 4.79 Å². The van der Waals surface area contributed by atoms with E-state index in [0.29, 0.717) is 22.8 Å². The first-order valence-electron chi connectivity index (χ1n) is 6.54. The van der Waals surface area contributed by atoms with Gasteiger partial charge in [0, 0.05) is 12.1 Å². The molecule has 0 atom stereocenters. The Morgan fingerprint density at radius 3 is 2.26 bits per heavy atom. The van der Waals surface area contributed by atoms with E-state index in [4.69, 9.17) is 20.6 Å². The maximum atomic E-state index is 12.2. The van der Waals surface area contributed by atoms with Crippen molar-refractivity contribution in [2.75, 3.05) is 27.9 Å². The van der Waals surface area contributed by atoms with Crippen LogP contribution in [0.3, 0.4) is 0 Å². The Balaban J connectivity index is 2.49. The van der Waals surface area contributed by atoms with Crippen molar-refractivity contribution < 1.29 is 23.8 Å². The van der Waals surface area contributed by atoms with Crippen molar-refractivity contribution in [2.45, 2.75) is 0 Å². The minimum atomic E-state index is -0.433. The largest absolute Gasteiger partial charge is 0.496 e. The molecule has 1 aromatic carbocycles. The summed E-state index contributed by atoms with van der Waals surface area (Å²) >= 11 is 0.826. The summed E-state index contributed by atoms with van der Waals surface area (Å²) < 4.78 is 15.8. The Morgan fingerprint density at radius 1 is 1.17 bits per heavy atom. The number of methoxy groups -OCH3 is 3. The summed E-state index contributed by atoms with van der Waals surface area (Å²) in [6.07, 6.45) is 6.73. The molecule has 1 aromatic rings. The molecule has 2 rings (SSSR count). The molecule has 1 saturated heterocycles. The fourth-order valence-corrected chi connectivity index (χ4v) is 2.85. The number of benzene rings is 1. The van der Waals surface area contributed by atoms with Gasteiger partial charge in [0.25, 0.3) is 11.1 Å². The average molecular weight is 333 g/mol. The van der Waals surface area contributed by atoms with Gasteiger partial charge < -0.3 is 14.2 Å². The zero-order chi connectivity index (χ0) is 17.0. The summed E-state index contributed by atoms with van der Waals surface area (Å²) in [7, 11) is 4.52. The number of hydrogen-bond acceptors (Lipinski definition) is 6. The van der Waals surface area contributed by atoms with Crippen LogP contribution in [0.15, 0.2) is 17.0 Å². The van der Waals surface area contributed by atoms with Crippen molar-refractivity contribution in [3.05, 3.63) is 22.6 Å². The van der Waals surface area contributed by atoms with Crippen molar-refractivity contribution >= 4 is 29.0 Å². The highest BCUT2D eigenvalue weighted by Crippen LogP contribution is 2.39. The van der Waals surface area contributed by atoms with Crippen LogP contribution in [-0.2, 0) is 4.79 Å². The van der Waals surface area contributed by atoms with E-state index < -0.39 is 11.1 Å². The van der Waals surface area contributed by atoms with Gasteiger partial charge in [-0.15, -0.1) is 6.42 Å². The maximum Gasteiger partial charge on any atom is 0.294 e. The molecule has 23 heavy (non-hydrogen) atoms. The molecule has 1 fully saturated rings. The Bertz CT molecular complexity index is 695. The number of amides is 2. The summed E-state index contributed by atoms with van der Waals surface area (Å²) in [6, 6.07) is 3.33. The summed E-state index contributed by atoms with van der Waals surface area (Å²) in [4.78, 5) is 25.3. The highest BCUT2D eigenvalue weighted by Gasteiger charge is 2.34. The second kappa shape index (κ2) is 7.11. The number of ether oxygens (including phenoxy) is 3. The van der Waals surface area contributed by atoms with Gasteiger partial charge in [0.2, 0.25) is 0 Å². The molecule has 0 saturated carbocycles. The molecule has 0 spiro atoms. The van der Waals surface area contributed by atoms with Gasteiger partial charge in [0.15, 0.2) is 0 Å². The maximum absolute atomic E-state index is 12.2. The molecule has 0 radical (unpaired) electrons. The van der Waals surface area contributed by atoms with Crippen LogP contribution in [0.25, 0.3) is 6.08 Å². The van der Waals surface area contributed by atoms with E-state index in [-0.39, 0.29) is 11.4 Å². The number of carbonyl (C=O) groups excluding carboxylic acids is 2. The van der Waals surface area contributed by atoms with Gasteiger partial charge in [-0.1, -0.05) is 5.92 Å². The summed E-state index contributed by atoms with van der Waals surface area (Å²) in [5, 5.41) is -0.398. The summed E-state index contributed by atoms with van der Waals surface area (Å²) in [5.41, 5.74) is 0.544. The topological polar surface area (TPSA) is 65.1 Å². The molecule has 0 aromatic heterocycles. The van der Waals surface area contributed by atoms with E-state index in [1.807, 2.05) is 0 Å². The number of thioether (sulfide) groups is 1. The van der Waals surface area contributed by atoms with Crippen LogP contribution >= 0.6 is 11.8 Å². The average Bonchev–Trinajstić information content (AvgIpc) is 2.82. The van der Waals surface area contributed by atoms with Gasteiger partial charge in [-0.05, 0) is 17.8 Å². The number of terminal acetylenes is 1. The Hall–Kier alpha value is -2.59. The van der Waals surface area contributed by atoms with E-state index in [0.717, 1.165) is 16.7 Å². The third kappa shape index (κ3) is 3.27. The van der Waals surface area contributed by atoms with Crippen LogP contribution in [-0.4, -0.2) is 43.9 Å². The molecule has 6 nitrogen and oxygen atoms in total. The monoisotopic (exact) mass is 333 g/mol. The molecule has 1 aliphatic rings. The van der Waals surface area contributed by atoms with Gasteiger partial charge in [0.05, 0.1) is 38.3 Å². The second-order valence-corrected chi connectivity index (χ2v) is 5.41. The number of nitrogens with zero attached hydrogens (tertiary/aromatic N) is 1. The zero-order valence-corrected chi connectivity index (χ0v) is 13.7. The van der Waals surface area contributed by atoms with Crippen molar-refractivity contribution in [3.8, 4) is 29.6 Å². The van der Waals surface area contributed by atoms with Gasteiger partial charge in [-0.3, -0.25) is 14.5 Å². The van der Waals surface area contributed by atoms with E-state index in [1.165, 1.54) is 21.3 Å². The molecule has 7 heteroatoms. The standard InChI is InChI=1S/C16H15NO5S/c1-5-6-17-15(18)14(23-16(17)19)9-11-12(21-3)7-10(20-2)8-13(11)22-4/h1,7-9H,6H2,2-4H3/b14-9+. The van der Waals surface area contributed by atoms with Crippen molar-refractivity contribution in [2.24, 2.45) is 0 Å². The third-order valence-corrected chi connectivity index (χ3v) is 4.06. The Morgan fingerprint density at radius 2 is 1.78 bits per heavy atom. The first-order chi connectivity index (χ1) is 11.0. The molecule has 0 N–H and O–H groups in total. The van der Waals surface area contributed by atoms with Crippen LogP contribution in [0.1, 0.15) is 5.56 Å². The number of imide groups is 1. The number of rotatable bonds is 5. The van der Waals surface area contributed by atoms with Crippen LogP contribution in [0, 0.1) is 12.3 Å². The molecule has 0 bridgehead atoms. The SMILES string of the molecule is C#CCN1C(=O)S/C(=C/c2c(OC)cc(OC)cc2OC)C1=O. The van der Waals surface area contributed by atoms with E-state index in [9.17, 15) is 9.59 Å². The lowest BCUT2D eigenvalue weighted by molar-refractivity contribution is -0.122. The van der Waals surface area contributed by atoms with Crippen molar-refractivity contribution in [1.82, 2.24) is 4.90 Å². The molecule has 0 unspecified atom stereocenters. The predicted molar refractivity (Wildman–Crippen MR) is 87.6 cm³/mol. The highest BCUT2D eigenvalue weighted by molar-refractivity contribution is 8.18. The van der Waals surface area contributed by atoms with Gasteiger partial charge in [-0.25, -0.2) is 0 Å². The van der Waals surface area contributed by atoms with E-state index in [2.05, 4.69) is 5.92 Å². The number of hydrogen-bond donors (Lipinski definition) is 0. The molecular formula is C16H15NO5S. The van der Waals surface area contributed by atoms with Crippen LogP contribution in [0.5, 0.6) is 17.2 Å². The smallest absolute Gasteiger partial charge is 0.294 e. The Kier molecular flexibility index (Phi) is 5.19. The molecule has 0 aliphatic carbocycles.